The summed E-state index contributed by atoms with van der Waals surface area (Å²) in [4.78, 5) is 13.8. The number of anilines is 1. The minimum Gasteiger partial charge on any atom is -0.435 e. The Balaban J connectivity index is 1.79. The summed E-state index contributed by atoms with van der Waals surface area (Å²) in [5, 5.41) is 2.78. The van der Waals surface area contributed by atoms with Crippen LogP contribution in [0.3, 0.4) is 0 Å². The molecule has 1 fully saturated rings. The molecule has 0 aliphatic carbocycles. The van der Waals surface area contributed by atoms with Crippen LogP contribution in [0.5, 0.6) is 5.75 Å². The quantitative estimate of drug-likeness (QED) is 0.814. The van der Waals surface area contributed by atoms with Crippen molar-refractivity contribution in [1.82, 2.24) is 4.90 Å². The van der Waals surface area contributed by atoms with Gasteiger partial charge in [0, 0.05) is 25.9 Å². The fourth-order valence-electron chi connectivity index (χ4n) is 2.69. The van der Waals surface area contributed by atoms with Gasteiger partial charge < -0.3 is 19.7 Å². The van der Waals surface area contributed by atoms with E-state index in [4.69, 9.17) is 4.74 Å². The number of carbonyl (C=O) groups is 1. The van der Waals surface area contributed by atoms with E-state index in [2.05, 4.69) is 10.1 Å². The van der Waals surface area contributed by atoms with E-state index in [0.717, 1.165) is 32.3 Å². The first-order chi connectivity index (χ1) is 11.5. The number of halogens is 2. The lowest BCUT2D eigenvalue weighted by Gasteiger charge is -2.20. The van der Waals surface area contributed by atoms with E-state index in [0.29, 0.717) is 23.9 Å². The fourth-order valence-corrected chi connectivity index (χ4v) is 2.69. The van der Waals surface area contributed by atoms with Gasteiger partial charge in [0.15, 0.2) is 0 Å². The summed E-state index contributed by atoms with van der Waals surface area (Å²) in [6.07, 6.45) is 4.38. The zero-order valence-corrected chi connectivity index (χ0v) is 14.1. The van der Waals surface area contributed by atoms with E-state index >= 15 is 0 Å². The average Bonchev–Trinajstić information content (AvgIpc) is 3.02. The van der Waals surface area contributed by atoms with Crippen molar-refractivity contribution in [2.24, 2.45) is 0 Å². The SMILES string of the molecule is Cc1cc(OC(F)F)ccc1NC(=O)N(C)CCC[C@H]1CCCO1. The van der Waals surface area contributed by atoms with Crippen molar-refractivity contribution in [2.45, 2.75) is 45.3 Å². The average molecular weight is 342 g/mol. The Morgan fingerprint density at radius 3 is 2.92 bits per heavy atom. The Morgan fingerprint density at radius 2 is 2.29 bits per heavy atom. The largest absolute Gasteiger partial charge is 0.435 e. The molecule has 1 saturated heterocycles. The molecule has 2 amide bonds. The Hall–Kier alpha value is -1.89. The number of benzene rings is 1. The highest BCUT2D eigenvalue weighted by Crippen LogP contribution is 2.23. The summed E-state index contributed by atoms with van der Waals surface area (Å²) in [6.45, 7) is 0.341. The molecule has 0 saturated carbocycles. The number of rotatable bonds is 7. The number of carbonyl (C=O) groups excluding carboxylic acids is 1. The van der Waals surface area contributed by atoms with Gasteiger partial charge in [-0.1, -0.05) is 0 Å². The molecule has 1 atom stereocenters. The minimum absolute atomic E-state index is 0.0745. The van der Waals surface area contributed by atoms with Crippen LogP contribution >= 0.6 is 0 Å². The summed E-state index contributed by atoms with van der Waals surface area (Å²) >= 11 is 0. The monoisotopic (exact) mass is 342 g/mol. The molecule has 2 rings (SSSR count). The molecular formula is C17H24F2N2O3. The lowest BCUT2D eigenvalue weighted by atomic mass is 10.1. The molecule has 7 heteroatoms. The topological polar surface area (TPSA) is 50.8 Å². The number of hydrogen-bond donors (Lipinski definition) is 1. The van der Waals surface area contributed by atoms with Gasteiger partial charge in [-0.2, -0.15) is 8.78 Å². The smallest absolute Gasteiger partial charge is 0.387 e. The number of urea groups is 1. The molecule has 5 nitrogen and oxygen atoms in total. The van der Waals surface area contributed by atoms with Crippen LogP contribution in [0.2, 0.25) is 0 Å². The third-order valence-corrected chi connectivity index (χ3v) is 4.05. The van der Waals surface area contributed by atoms with Gasteiger partial charge in [-0.15, -0.1) is 0 Å². The van der Waals surface area contributed by atoms with Crippen molar-refractivity contribution in [2.75, 3.05) is 25.5 Å². The maximum atomic E-state index is 12.2. The Bertz CT molecular complexity index is 549. The van der Waals surface area contributed by atoms with Crippen molar-refractivity contribution in [1.29, 1.82) is 0 Å². The molecule has 0 aromatic heterocycles. The summed E-state index contributed by atoms with van der Waals surface area (Å²) in [6, 6.07) is 4.21. The van der Waals surface area contributed by atoms with E-state index in [-0.39, 0.29) is 11.8 Å². The van der Waals surface area contributed by atoms with Crippen LogP contribution in [0.15, 0.2) is 18.2 Å². The Labute approximate surface area is 140 Å². The van der Waals surface area contributed by atoms with Gasteiger partial charge in [0.2, 0.25) is 0 Å². The second kappa shape index (κ2) is 8.82. The highest BCUT2D eigenvalue weighted by molar-refractivity contribution is 5.90. The number of alkyl halides is 2. The summed E-state index contributed by atoms with van der Waals surface area (Å²) < 4.78 is 34.3. The van der Waals surface area contributed by atoms with Gasteiger partial charge in [0.05, 0.1) is 6.10 Å². The molecule has 1 heterocycles. The third kappa shape index (κ3) is 5.63. The standard InChI is InChI=1S/C17H24F2N2O3/c1-12-11-14(24-16(18)19)7-8-15(12)20-17(22)21(2)9-3-5-13-6-4-10-23-13/h7-8,11,13,16H,3-6,9-10H2,1-2H3,(H,20,22)/t13-/m0/s1. The second-order valence-corrected chi connectivity index (χ2v) is 5.98. The molecule has 134 valence electrons. The van der Waals surface area contributed by atoms with Crippen LogP contribution < -0.4 is 10.1 Å². The number of amides is 2. The minimum atomic E-state index is -2.86. The van der Waals surface area contributed by atoms with Crippen LogP contribution in [0, 0.1) is 6.92 Å². The molecule has 1 N–H and O–H groups in total. The van der Waals surface area contributed by atoms with Crippen LogP contribution in [0.1, 0.15) is 31.2 Å². The number of hydrogen-bond acceptors (Lipinski definition) is 3. The van der Waals surface area contributed by atoms with Crippen molar-refractivity contribution >= 4 is 11.7 Å². The van der Waals surface area contributed by atoms with E-state index < -0.39 is 6.61 Å². The molecule has 1 aliphatic rings. The summed E-state index contributed by atoms with van der Waals surface area (Å²) in [5.74, 6) is 0.0745. The van der Waals surface area contributed by atoms with Crippen molar-refractivity contribution < 1.29 is 23.0 Å². The van der Waals surface area contributed by atoms with Gasteiger partial charge in [0.25, 0.3) is 0 Å². The zero-order valence-electron chi connectivity index (χ0n) is 14.1. The second-order valence-electron chi connectivity index (χ2n) is 5.98. The Kier molecular flexibility index (Phi) is 6.78. The Morgan fingerprint density at radius 1 is 1.50 bits per heavy atom. The molecule has 0 radical (unpaired) electrons. The highest BCUT2D eigenvalue weighted by Gasteiger charge is 2.16. The van der Waals surface area contributed by atoms with Crippen LogP contribution in [-0.2, 0) is 4.74 Å². The van der Waals surface area contributed by atoms with E-state index in [1.54, 1.807) is 24.9 Å². The normalized spacial score (nSPS) is 17.1. The van der Waals surface area contributed by atoms with E-state index in [9.17, 15) is 13.6 Å². The lowest BCUT2D eigenvalue weighted by molar-refractivity contribution is -0.0498. The van der Waals surface area contributed by atoms with Crippen molar-refractivity contribution in [3.05, 3.63) is 23.8 Å². The first kappa shape index (κ1) is 18.4. The maximum Gasteiger partial charge on any atom is 0.387 e. The molecule has 1 aliphatic heterocycles. The fraction of sp³-hybridized carbons (Fsp3) is 0.588. The van der Waals surface area contributed by atoms with Gasteiger partial charge >= 0.3 is 12.6 Å². The number of aryl methyl sites for hydroxylation is 1. The number of nitrogens with one attached hydrogen (secondary N) is 1. The van der Waals surface area contributed by atoms with Crippen LogP contribution in [0.25, 0.3) is 0 Å². The molecule has 1 aromatic rings. The summed E-state index contributed by atoms with van der Waals surface area (Å²) in [5.41, 5.74) is 1.24. The molecule has 0 spiro atoms. The van der Waals surface area contributed by atoms with Gasteiger partial charge in [-0.05, 0) is 56.4 Å². The highest BCUT2D eigenvalue weighted by atomic mass is 19.3. The molecule has 0 bridgehead atoms. The maximum absolute atomic E-state index is 12.2. The van der Waals surface area contributed by atoms with Gasteiger partial charge in [0.1, 0.15) is 5.75 Å². The van der Waals surface area contributed by atoms with Crippen molar-refractivity contribution in [3.8, 4) is 5.75 Å². The van der Waals surface area contributed by atoms with Gasteiger partial charge in [-0.25, -0.2) is 4.79 Å². The summed E-state index contributed by atoms with van der Waals surface area (Å²) in [7, 11) is 1.73. The lowest BCUT2D eigenvalue weighted by Crippen LogP contribution is -2.32. The molecular weight excluding hydrogens is 318 g/mol. The molecule has 0 unspecified atom stereocenters. The molecule has 24 heavy (non-hydrogen) atoms. The van der Waals surface area contributed by atoms with Crippen LogP contribution in [-0.4, -0.2) is 43.8 Å². The van der Waals surface area contributed by atoms with Crippen LogP contribution in [0.4, 0.5) is 19.3 Å². The molecule has 1 aromatic carbocycles. The first-order valence-corrected chi connectivity index (χ1v) is 8.15. The predicted octanol–water partition coefficient (Wildman–Crippen LogP) is 4.02. The third-order valence-electron chi connectivity index (χ3n) is 4.05. The first-order valence-electron chi connectivity index (χ1n) is 8.15. The van der Waals surface area contributed by atoms with E-state index in [1.165, 1.54) is 12.1 Å². The number of ether oxygens (including phenoxy) is 2. The zero-order chi connectivity index (χ0) is 17.5. The number of nitrogens with zero attached hydrogens (tertiary/aromatic N) is 1. The predicted molar refractivity (Wildman–Crippen MR) is 87.7 cm³/mol. The van der Waals surface area contributed by atoms with E-state index in [1.807, 2.05) is 0 Å². The van der Waals surface area contributed by atoms with Crippen molar-refractivity contribution in [3.63, 3.8) is 0 Å². The van der Waals surface area contributed by atoms with Gasteiger partial charge in [-0.3, -0.25) is 0 Å².